The minimum absolute atomic E-state index is 0.0555. The van der Waals surface area contributed by atoms with Crippen LogP contribution in [0.4, 0.5) is 17.1 Å². The van der Waals surface area contributed by atoms with Gasteiger partial charge in [0, 0.05) is 11.6 Å². The molecule has 0 fully saturated rings. The van der Waals surface area contributed by atoms with Gasteiger partial charge in [0.1, 0.15) is 11.3 Å². The van der Waals surface area contributed by atoms with Gasteiger partial charge in [-0.1, -0.05) is 24.3 Å². The summed E-state index contributed by atoms with van der Waals surface area (Å²) in [5.74, 6) is -1.86. The minimum atomic E-state index is -1.04. The zero-order valence-corrected chi connectivity index (χ0v) is 13.5. The third kappa shape index (κ3) is 4.17. The lowest BCUT2D eigenvalue weighted by Gasteiger charge is -2.08. The Labute approximate surface area is 146 Å². The van der Waals surface area contributed by atoms with Crippen molar-refractivity contribution >= 4 is 28.9 Å². The molecule has 0 atom stereocenters. The number of hydrogen-bond donors (Lipinski definition) is 1. The summed E-state index contributed by atoms with van der Waals surface area (Å²) in [7, 11) is 0. The van der Waals surface area contributed by atoms with E-state index >= 15 is 0 Å². The Morgan fingerprint density at radius 3 is 2.38 bits per heavy atom. The number of anilines is 1. The standard InChI is InChI=1S/C16H13N3O7/c1-10-5-4-6-11(15(10)19(24)25)16(21)26-9-14(20)17-12-7-2-3-8-13(12)18(22)23/h2-8H,9H2,1H3,(H,17,20). The molecule has 0 aliphatic carbocycles. The van der Waals surface area contributed by atoms with Crippen molar-refractivity contribution in [2.75, 3.05) is 11.9 Å². The van der Waals surface area contributed by atoms with E-state index in [2.05, 4.69) is 5.32 Å². The zero-order valence-electron chi connectivity index (χ0n) is 13.5. The molecule has 10 heteroatoms. The molecule has 0 bridgehead atoms. The molecule has 0 aromatic heterocycles. The van der Waals surface area contributed by atoms with Crippen molar-refractivity contribution in [2.45, 2.75) is 6.92 Å². The molecule has 0 aliphatic heterocycles. The second-order valence-electron chi connectivity index (χ2n) is 5.13. The van der Waals surface area contributed by atoms with Crippen LogP contribution >= 0.6 is 0 Å². The summed E-state index contributed by atoms with van der Waals surface area (Å²) in [5, 5.41) is 24.2. The first kappa shape index (κ1) is 18.5. The van der Waals surface area contributed by atoms with Crippen LogP contribution in [0.3, 0.4) is 0 Å². The number of carbonyl (C=O) groups is 2. The summed E-state index contributed by atoms with van der Waals surface area (Å²) in [4.78, 5) is 44.5. The quantitative estimate of drug-likeness (QED) is 0.474. The third-order valence-electron chi connectivity index (χ3n) is 3.35. The highest BCUT2D eigenvalue weighted by Gasteiger charge is 2.24. The lowest BCUT2D eigenvalue weighted by Crippen LogP contribution is -2.21. The minimum Gasteiger partial charge on any atom is -0.452 e. The Morgan fingerprint density at radius 2 is 1.73 bits per heavy atom. The average molecular weight is 359 g/mol. The first-order valence-corrected chi connectivity index (χ1v) is 7.25. The van der Waals surface area contributed by atoms with Gasteiger partial charge in [0.05, 0.1) is 9.85 Å². The Balaban J connectivity index is 2.07. The SMILES string of the molecule is Cc1cccc(C(=O)OCC(=O)Nc2ccccc2[N+](=O)[O-])c1[N+](=O)[O-]. The predicted molar refractivity (Wildman–Crippen MR) is 89.8 cm³/mol. The van der Waals surface area contributed by atoms with Crippen LogP contribution in [0, 0.1) is 27.2 Å². The normalized spacial score (nSPS) is 10.0. The molecule has 0 saturated heterocycles. The van der Waals surface area contributed by atoms with Gasteiger partial charge >= 0.3 is 5.97 Å². The van der Waals surface area contributed by atoms with E-state index in [1.165, 1.54) is 49.4 Å². The number of rotatable bonds is 6. The predicted octanol–water partition coefficient (Wildman–Crippen LogP) is 2.61. The molecule has 2 rings (SSSR count). The van der Waals surface area contributed by atoms with E-state index < -0.39 is 34.0 Å². The van der Waals surface area contributed by atoms with Crippen LogP contribution in [0.15, 0.2) is 42.5 Å². The molecule has 134 valence electrons. The largest absolute Gasteiger partial charge is 0.452 e. The summed E-state index contributed by atoms with van der Waals surface area (Å²) < 4.78 is 4.78. The van der Waals surface area contributed by atoms with Gasteiger partial charge in [0.15, 0.2) is 6.61 Å². The number of benzene rings is 2. The fourth-order valence-electron chi connectivity index (χ4n) is 2.20. The first-order valence-electron chi connectivity index (χ1n) is 7.25. The highest BCUT2D eigenvalue weighted by molar-refractivity contribution is 5.98. The molecule has 0 radical (unpaired) electrons. The fourth-order valence-corrected chi connectivity index (χ4v) is 2.20. The van der Waals surface area contributed by atoms with Crippen molar-refractivity contribution in [3.63, 3.8) is 0 Å². The number of carbonyl (C=O) groups excluding carboxylic acids is 2. The Hall–Kier alpha value is -3.82. The van der Waals surface area contributed by atoms with Crippen LogP contribution in [-0.4, -0.2) is 28.3 Å². The van der Waals surface area contributed by atoms with E-state index in [4.69, 9.17) is 4.74 Å². The van der Waals surface area contributed by atoms with E-state index in [0.717, 1.165) is 0 Å². The van der Waals surface area contributed by atoms with Crippen molar-refractivity contribution in [3.05, 3.63) is 73.8 Å². The molecule has 1 amide bonds. The highest BCUT2D eigenvalue weighted by Crippen LogP contribution is 2.24. The second-order valence-corrected chi connectivity index (χ2v) is 5.13. The number of hydrogen-bond acceptors (Lipinski definition) is 7. The molecule has 0 heterocycles. The maximum absolute atomic E-state index is 12.0. The van der Waals surface area contributed by atoms with Crippen LogP contribution in [0.2, 0.25) is 0 Å². The van der Waals surface area contributed by atoms with E-state index in [1.54, 1.807) is 0 Å². The Bertz CT molecular complexity index is 895. The molecular formula is C16H13N3O7. The van der Waals surface area contributed by atoms with Gasteiger partial charge in [-0.2, -0.15) is 0 Å². The lowest BCUT2D eigenvalue weighted by molar-refractivity contribution is -0.385. The van der Waals surface area contributed by atoms with E-state index in [1.807, 2.05) is 0 Å². The van der Waals surface area contributed by atoms with Crippen molar-refractivity contribution in [1.29, 1.82) is 0 Å². The molecule has 0 saturated carbocycles. The smallest absolute Gasteiger partial charge is 0.345 e. The van der Waals surface area contributed by atoms with Crippen LogP contribution in [0.5, 0.6) is 0 Å². The topological polar surface area (TPSA) is 142 Å². The third-order valence-corrected chi connectivity index (χ3v) is 3.35. The lowest BCUT2D eigenvalue weighted by atomic mass is 10.1. The van der Waals surface area contributed by atoms with E-state index in [9.17, 15) is 29.8 Å². The van der Waals surface area contributed by atoms with Gasteiger partial charge in [0.2, 0.25) is 0 Å². The summed E-state index contributed by atoms with van der Waals surface area (Å²) >= 11 is 0. The van der Waals surface area contributed by atoms with E-state index in [-0.39, 0.29) is 22.5 Å². The highest BCUT2D eigenvalue weighted by atomic mass is 16.6. The Kier molecular flexibility index (Phi) is 5.58. The van der Waals surface area contributed by atoms with Gasteiger partial charge in [0.25, 0.3) is 17.3 Å². The maximum Gasteiger partial charge on any atom is 0.345 e. The second kappa shape index (κ2) is 7.83. The van der Waals surface area contributed by atoms with Gasteiger partial charge in [-0.05, 0) is 19.1 Å². The number of nitrogens with one attached hydrogen (secondary N) is 1. The summed E-state index contributed by atoms with van der Waals surface area (Å²) in [6.45, 7) is 0.714. The molecule has 0 spiro atoms. The molecular weight excluding hydrogens is 346 g/mol. The number of ether oxygens (including phenoxy) is 1. The number of nitrogens with zero attached hydrogens (tertiary/aromatic N) is 2. The van der Waals surface area contributed by atoms with Gasteiger partial charge in [-0.3, -0.25) is 25.0 Å². The maximum atomic E-state index is 12.0. The number of amides is 1. The van der Waals surface area contributed by atoms with Gasteiger partial charge < -0.3 is 10.1 Å². The number of nitro benzene ring substituents is 2. The van der Waals surface area contributed by atoms with Crippen LogP contribution in [0.25, 0.3) is 0 Å². The van der Waals surface area contributed by atoms with Crippen molar-refractivity contribution in [3.8, 4) is 0 Å². The van der Waals surface area contributed by atoms with Crippen molar-refractivity contribution in [2.24, 2.45) is 0 Å². The Morgan fingerprint density at radius 1 is 1.04 bits per heavy atom. The molecule has 2 aromatic rings. The average Bonchev–Trinajstić information content (AvgIpc) is 2.59. The van der Waals surface area contributed by atoms with Crippen molar-refractivity contribution < 1.29 is 24.2 Å². The van der Waals surface area contributed by atoms with Gasteiger partial charge in [-0.15, -0.1) is 0 Å². The monoisotopic (exact) mass is 359 g/mol. The number of para-hydroxylation sites is 3. The summed E-state index contributed by atoms with van der Waals surface area (Å²) in [5.41, 5.74) is -0.791. The zero-order chi connectivity index (χ0) is 19.3. The van der Waals surface area contributed by atoms with Crippen LogP contribution in [0.1, 0.15) is 15.9 Å². The number of aryl methyl sites for hydroxylation is 1. The molecule has 0 aliphatic rings. The molecule has 26 heavy (non-hydrogen) atoms. The van der Waals surface area contributed by atoms with Crippen LogP contribution < -0.4 is 5.32 Å². The van der Waals surface area contributed by atoms with E-state index in [0.29, 0.717) is 0 Å². The first-order chi connectivity index (χ1) is 12.3. The summed E-state index contributed by atoms with van der Waals surface area (Å²) in [6.07, 6.45) is 0. The molecule has 0 unspecified atom stereocenters. The van der Waals surface area contributed by atoms with Crippen LogP contribution in [-0.2, 0) is 9.53 Å². The molecule has 10 nitrogen and oxygen atoms in total. The molecule has 1 N–H and O–H groups in total. The number of nitro groups is 2. The van der Waals surface area contributed by atoms with Crippen molar-refractivity contribution in [1.82, 2.24) is 0 Å². The molecule has 2 aromatic carbocycles. The fraction of sp³-hybridized carbons (Fsp3) is 0.125. The summed E-state index contributed by atoms with van der Waals surface area (Å²) in [6, 6.07) is 9.59. The number of esters is 1. The van der Waals surface area contributed by atoms with Gasteiger partial charge in [-0.25, -0.2) is 4.79 Å².